The summed E-state index contributed by atoms with van der Waals surface area (Å²) in [5, 5.41) is 0. The topological polar surface area (TPSA) is 35.2 Å². The molecule has 0 radical (unpaired) electrons. The van der Waals surface area contributed by atoms with Crippen LogP contribution in [0, 0.1) is 6.92 Å². The summed E-state index contributed by atoms with van der Waals surface area (Å²) in [5.74, 6) is 0.859. The third kappa shape index (κ3) is 3.17. The molecule has 0 fully saturated rings. The van der Waals surface area contributed by atoms with Gasteiger partial charge in [0.2, 0.25) is 0 Å². The standard InChI is InChI=1S/C16H18BrNO/c1-3-19-15-7-5-4-6-13(15)16(18)12-8-9-14(17)11(2)10-12/h4-10,16H,3,18H2,1-2H3. The van der Waals surface area contributed by atoms with Gasteiger partial charge in [-0.15, -0.1) is 0 Å². The maximum atomic E-state index is 6.37. The van der Waals surface area contributed by atoms with Crippen LogP contribution < -0.4 is 10.5 Å². The van der Waals surface area contributed by atoms with Gasteiger partial charge in [0.25, 0.3) is 0 Å². The summed E-state index contributed by atoms with van der Waals surface area (Å²) >= 11 is 3.51. The third-order valence-corrected chi connectivity index (χ3v) is 3.98. The first kappa shape index (κ1) is 14.1. The van der Waals surface area contributed by atoms with Crippen LogP contribution in [0.2, 0.25) is 0 Å². The van der Waals surface area contributed by atoms with Crippen LogP contribution in [0.5, 0.6) is 5.75 Å². The summed E-state index contributed by atoms with van der Waals surface area (Å²) in [5.41, 5.74) is 9.66. The van der Waals surface area contributed by atoms with Crippen molar-refractivity contribution in [1.82, 2.24) is 0 Å². The Kier molecular flexibility index (Phi) is 4.61. The van der Waals surface area contributed by atoms with Crippen molar-refractivity contribution in [3.05, 3.63) is 63.6 Å². The summed E-state index contributed by atoms with van der Waals surface area (Å²) in [7, 11) is 0. The van der Waals surface area contributed by atoms with E-state index in [9.17, 15) is 0 Å². The Morgan fingerprint density at radius 3 is 2.63 bits per heavy atom. The van der Waals surface area contributed by atoms with Gasteiger partial charge in [-0.05, 0) is 37.1 Å². The third-order valence-electron chi connectivity index (χ3n) is 3.10. The fourth-order valence-electron chi connectivity index (χ4n) is 2.07. The molecule has 0 aliphatic rings. The number of halogens is 1. The lowest BCUT2D eigenvalue weighted by Crippen LogP contribution is -2.13. The van der Waals surface area contributed by atoms with Crippen molar-refractivity contribution in [1.29, 1.82) is 0 Å². The summed E-state index contributed by atoms with van der Waals surface area (Å²) in [6.07, 6.45) is 0. The quantitative estimate of drug-likeness (QED) is 0.916. The minimum atomic E-state index is -0.172. The first-order valence-corrected chi connectivity index (χ1v) is 7.16. The zero-order valence-electron chi connectivity index (χ0n) is 11.2. The highest BCUT2D eigenvalue weighted by Crippen LogP contribution is 2.30. The zero-order valence-corrected chi connectivity index (χ0v) is 12.8. The van der Waals surface area contributed by atoms with Crippen molar-refractivity contribution in [3.63, 3.8) is 0 Å². The van der Waals surface area contributed by atoms with Gasteiger partial charge >= 0.3 is 0 Å². The zero-order chi connectivity index (χ0) is 13.8. The van der Waals surface area contributed by atoms with Gasteiger partial charge in [-0.2, -0.15) is 0 Å². The van der Waals surface area contributed by atoms with Gasteiger partial charge < -0.3 is 10.5 Å². The second kappa shape index (κ2) is 6.22. The van der Waals surface area contributed by atoms with E-state index < -0.39 is 0 Å². The number of rotatable bonds is 4. The average Bonchev–Trinajstić information content (AvgIpc) is 2.42. The van der Waals surface area contributed by atoms with E-state index in [0.29, 0.717) is 6.61 Å². The molecular formula is C16H18BrNO. The van der Waals surface area contributed by atoms with Crippen molar-refractivity contribution >= 4 is 15.9 Å². The summed E-state index contributed by atoms with van der Waals surface area (Å²) in [6, 6.07) is 14.0. The molecule has 3 heteroatoms. The summed E-state index contributed by atoms with van der Waals surface area (Å²) in [4.78, 5) is 0. The Bertz CT molecular complexity index is 568. The Hall–Kier alpha value is -1.32. The van der Waals surface area contributed by atoms with Gasteiger partial charge in [0, 0.05) is 10.0 Å². The number of ether oxygens (including phenoxy) is 1. The Balaban J connectivity index is 2.37. The maximum absolute atomic E-state index is 6.37. The SMILES string of the molecule is CCOc1ccccc1C(N)c1ccc(Br)c(C)c1. The van der Waals surface area contributed by atoms with Crippen molar-refractivity contribution < 1.29 is 4.74 Å². The van der Waals surface area contributed by atoms with Crippen molar-refractivity contribution in [2.75, 3.05) is 6.61 Å². The molecule has 19 heavy (non-hydrogen) atoms. The van der Waals surface area contributed by atoms with Gasteiger partial charge in [0.15, 0.2) is 0 Å². The molecule has 1 unspecified atom stereocenters. The van der Waals surface area contributed by atoms with E-state index in [1.165, 1.54) is 5.56 Å². The second-order valence-electron chi connectivity index (χ2n) is 4.46. The Morgan fingerprint density at radius 1 is 1.21 bits per heavy atom. The highest BCUT2D eigenvalue weighted by molar-refractivity contribution is 9.10. The molecule has 0 spiro atoms. The van der Waals surface area contributed by atoms with Gasteiger partial charge in [0.05, 0.1) is 12.6 Å². The van der Waals surface area contributed by atoms with E-state index in [1.54, 1.807) is 0 Å². The van der Waals surface area contributed by atoms with Crippen LogP contribution in [0.1, 0.15) is 29.7 Å². The molecule has 1 atom stereocenters. The number of nitrogens with two attached hydrogens (primary N) is 1. The molecule has 2 nitrogen and oxygen atoms in total. The van der Waals surface area contributed by atoms with Crippen LogP contribution in [0.15, 0.2) is 46.9 Å². The van der Waals surface area contributed by atoms with Crippen molar-refractivity contribution in [2.24, 2.45) is 5.73 Å². The van der Waals surface area contributed by atoms with Crippen LogP contribution in [0.25, 0.3) is 0 Å². The minimum Gasteiger partial charge on any atom is -0.494 e. The van der Waals surface area contributed by atoms with E-state index in [4.69, 9.17) is 10.5 Å². The minimum absolute atomic E-state index is 0.172. The highest BCUT2D eigenvalue weighted by Gasteiger charge is 2.14. The van der Waals surface area contributed by atoms with E-state index in [0.717, 1.165) is 21.3 Å². The number of para-hydroxylation sites is 1. The molecule has 2 aromatic rings. The van der Waals surface area contributed by atoms with E-state index in [2.05, 4.69) is 28.9 Å². The van der Waals surface area contributed by atoms with Crippen molar-refractivity contribution in [3.8, 4) is 5.75 Å². The molecular weight excluding hydrogens is 302 g/mol. The molecule has 0 saturated heterocycles. The number of hydrogen-bond acceptors (Lipinski definition) is 2. The predicted octanol–water partition coefficient (Wildman–Crippen LogP) is 4.20. The predicted molar refractivity (Wildman–Crippen MR) is 82.5 cm³/mol. The fraction of sp³-hybridized carbons (Fsp3) is 0.250. The maximum Gasteiger partial charge on any atom is 0.124 e. The highest BCUT2D eigenvalue weighted by atomic mass is 79.9. The molecule has 100 valence electrons. The van der Waals surface area contributed by atoms with E-state index in [-0.39, 0.29) is 6.04 Å². The number of hydrogen-bond donors (Lipinski definition) is 1. The molecule has 2 aromatic carbocycles. The van der Waals surface area contributed by atoms with E-state index >= 15 is 0 Å². The fourth-order valence-corrected chi connectivity index (χ4v) is 2.31. The molecule has 0 aromatic heterocycles. The Labute approximate surface area is 122 Å². The van der Waals surface area contributed by atoms with Gasteiger partial charge in [-0.3, -0.25) is 0 Å². The smallest absolute Gasteiger partial charge is 0.124 e. The van der Waals surface area contributed by atoms with Crippen LogP contribution in [-0.2, 0) is 0 Å². The molecule has 2 N–H and O–H groups in total. The normalized spacial score (nSPS) is 12.2. The molecule has 0 bridgehead atoms. The first-order valence-electron chi connectivity index (χ1n) is 6.36. The average molecular weight is 320 g/mol. The molecule has 0 heterocycles. The van der Waals surface area contributed by atoms with Gasteiger partial charge in [-0.1, -0.05) is 46.3 Å². The van der Waals surface area contributed by atoms with Crippen molar-refractivity contribution in [2.45, 2.75) is 19.9 Å². The van der Waals surface area contributed by atoms with Crippen LogP contribution in [0.3, 0.4) is 0 Å². The van der Waals surface area contributed by atoms with Crippen LogP contribution in [-0.4, -0.2) is 6.61 Å². The van der Waals surface area contributed by atoms with E-state index in [1.807, 2.05) is 43.3 Å². The summed E-state index contributed by atoms with van der Waals surface area (Å²) in [6.45, 7) is 4.68. The lowest BCUT2D eigenvalue weighted by atomic mass is 9.97. The molecule has 0 aliphatic heterocycles. The molecule has 0 saturated carbocycles. The molecule has 2 rings (SSSR count). The lowest BCUT2D eigenvalue weighted by Gasteiger charge is -2.17. The first-order chi connectivity index (χ1) is 9.13. The van der Waals surface area contributed by atoms with Crippen LogP contribution >= 0.6 is 15.9 Å². The molecule has 0 amide bonds. The molecule has 0 aliphatic carbocycles. The number of benzene rings is 2. The second-order valence-corrected chi connectivity index (χ2v) is 5.31. The number of aryl methyl sites for hydroxylation is 1. The Morgan fingerprint density at radius 2 is 1.95 bits per heavy atom. The van der Waals surface area contributed by atoms with Crippen LogP contribution in [0.4, 0.5) is 0 Å². The monoisotopic (exact) mass is 319 g/mol. The lowest BCUT2D eigenvalue weighted by molar-refractivity contribution is 0.335. The van der Waals surface area contributed by atoms with Gasteiger partial charge in [0.1, 0.15) is 5.75 Å². The largest absolute Gasteiger partial charge is 0.494 e. The van der Waals surface area contributed by atoms with Gasteiger partial charge in [-0.25, -0.2) is 0 Å². The summed E-state index contributed by atoms with van der Waals surface area (Å²) < 4.78 is 6.74.